The summed E-state index contributed by atoms with van der Waals surface area (Å²) >= 11 is 0. The minimum atomic E-state index is -0.348. The highest BCUT2D eigenvalue weighted by Gasteiger charge is 2.14. The molecular weight excluding hydrogens is 372 g/mol. The number of nitrogens with zero attached hydrogens (tertiary/aromatic N) is 2. The molecule has 0 bridgehead atoms. The Morgan fingerprint density at radius 3 is 2.59 bits per heavy atom. The number of anilines is 1. The van der Waals surface area contributed by atoms with Crippen LogP contribution in [0.2, 0.25) is 0 Å². The highest BCUT2D eigenvalue weighted by molar-refractivity contribution is 6.02. The molecule has 2 amide bonds. The Morgan fingerprint density at radius 1 is 1.00 bits per heavy atom. The van der Waals surface area contributed by atoms with Crippen LogP contribution in [-0.2, 0) is 6.54 Å². The fourth-order valence-corrected chi connectivity index (χ4v) is 2.61. The average Bonchev–Trinajstić information content (AvgIpc) is 3.46. The molecule has 0 spiro atoms. The molecule has 0 atom stereocenters. The van der Waals surface area contributed by atoms with Crippen LogP contribution in [0.3, 0.4) is 0 Å². The summed E-state index contributed by atoms with van der Waals surface area (Å²) in [6, 6.07) is 15.5. The molecule has 0 fully saturated rings. The highest BCUT2D eigenvalue weighted by Crippen LogP contribution is 2.19. The van der Waals surface area contributed by atoms with E-state index in [2.05, 4.69) is 20.8 Å². The summed E-state index contributed by atoms with van der Waals surface area (Å²) in [5.41, 5.74) is 2.42. The Labute approximate surface area is 165 Å². The molecule has 29 heavy (non-hydrogen) atoms. The van der Waals surface area contributed by atoms with Crippen molar-refractivity contribution in [3.63, 3.8) is 0 Å². The van der Waals surface area contributed by atoms with E-state index in [-0.39, 0.29) is 23.3 Å². The molecule has 3 aromatic heterocycles. The van der Waals surface area contributed by atoms with Crippen LogP contribution in [0.4, 0.5) is 5.69 Å². The molecule has 0 saturated heterocycles. The Balaban J connectivity index is 1.32. The predicted octanol–water partition coefficient (Wildman–Crippen LogP) is 3.51. The number of amides is 2. The monoisotopic (exact) mass is 388 g/mol. The van der Waals surface area contributed by atoms with Crippen molar-refractivity contribution in [3.05, 3.63) is 90.3 Å². The molecule has 0 aliphatic carbocycles. The van der Waals surface area contributed by atoms with Gasteiger partial charge in [0.2, 0.25) is 0 Å². The summed E-state index contributed by atoms with van der Waals surface area (Å²) in [6.45, 7) is 0.306. The first-order valence-corrected chi connectivity index (χ1v) is 8.78. The summed E-state index contributed by atoms with van der Waals surface area (Å²) in [5.74, 6) is 0.0325. The zero-order chi connectivity index (χ0) is 20.1. The number of carbonyl (C=O) groups excluding carboxylic acids is 2. The van der Waals surface area contributed by atoms with Gasteiger partial charge in [-0.1, -0.05) is 17.3 Å². The summed E-state index contributed by atoms with van der Waals surface area (Å²) in [4.78, 5) is 28.3. The molecule has 144 valence electrons. The van der Waals surface area contributed by atoms with E-state index in [0.717, 1.165) is 11.1 Å². The van der Waals surface area contributed by atoms with Crippen molar-refractivity contribution in [2.24, 2.45) is 0 Å². The molecule has 0 saturated carbocycles. The Hall–Kier alpha value is -4.20. The minimum absolute atomic E-state index is 0.186. The van der Waals surface area contributed by atoms with Gasteiger partial charge in [-0.2, -0.15) is 0 Å². The van der Waals surface area contributed by atoms with Crippen LogP contribution in [0.1, 0.15) is 26.6 Å². The lowest BCUT2D eigenvalue weighted by molar-refractivity contribution is 0.0941. The smallest absolute Gasteiger partial charge is 0.291 e. The van der Waals surface area contributed by atoms with Crippen molar-refractivity contribution in [2.75, 3.05) is 5.32 Å². The normalized spacial score (nSPS) is 10.5. The molecule has 8 heteroatoms. The highest BCUT2D eigenvalue weighted by atomic mass is 16.5. The zero-order valence-corrected chi connectivity index (χ0v) is 15.2. The van der Waals surface area contributed by atoms with Gasteiger partial charge in [-0.15, -0.1) is 0 Å². The molecule has 1 aromatic carbocycles. The van der Waals surface area contributed by atoms with E-state index in [9.17, 15) is 9.59 Å². The summed E-state index contributed by atoms with van der Waals surface area (Å²) in [7, 11) is 0. The average molecular weight is 388 g/mol. The van der Waals surface area contributed by atoms with Crippen LogP contribution in [0, 0.1) is 0 Å². The lowest BCUT2D eigenvalue weighted by atomic mass is 10.2. The van der Waals surface area contributed by atoms with Crippen LogP contribution in [0.15, 0.2) is 82.2 Å². The van der Waals surface area contributed by atoms with Crippen molar-refractivity contribution in [3.8, 4) is 11.3 Å². The van der Waals surface area contributed by atoms with E-state index in [1.54, 1.807) is 48.8 Å². The van der Waals surface area contributed by atoms with Gasteiger partial charge in [-0.05, 0) is 42.0 Å². The fourth-order valence-electron chi connectivity index (χ4n) is 2.61. The summed E-state index contributed by atoms with van der Waals surface area (Å²) in [6.07, 6.45) is 4.73. The molecule has 4 aromatic rings. The predicted molar refractivity (Wildman–Crippen MR) is 104 cm³/mol. The number of rotatable bonds is 6. The van der Waals surface area contributed by atoms with Crippen LogP contribution in [0.5, 0.6) is 0 Å². The van der Waals surface area contributed by atoms with Gasteiger partial charge >= 0.3 is 0 Å². The zero-order valence-electron chi connectivity index (χ0n) is 15.2. The van der Waals surface area contributed by atoms with E-state index in [0.29, 0.717) is 18.0 Å². The molecule has 2 N–H and O–H groups in total. The fraction of sp³-hybridized carbons (Fsp3) is 0.0476. The lowest BCUT2D eigenvalue weighted by Crippen LogP contribution is -2.23. The Kier molecular flexibility index (Phi) is 5.15. The van der Waals surface area contributed by atoms with Crippen molar-refractivity contribution in [1.29, 1.82) is 0 Å². The standard InChI is InChI=1S/C21H16N4O4/c26-20(17-11-19(29-25-17)15-3-1-9-22-13-15)23-12-14-5-7-16(8-6-14)24-21(27)18-4-2-10-28-18/h1-11,13H,12H2,(H,23,26)(H,24,27). The second-order valence-electron chi connectivity index (χ2n) is 6.13. The number of pyridine rings is 1. The van der Waals surface area contributed by atoms with Gasteiger partial charge in [0, 0.05) is 36.3 Å². The van der Waals surface area contributed by atoms with Gasteiger partial charge in [0.25, 0.3) is 11.8 Å². The minimum Gasteiger partial charge on any atom is -0.459 e. The van der Waals surface area contributed by atoms with Gasteiger partial charge in [0.15, 0.2) is 17.2 Å². The molecule has 0 unspecified atom stereocenters. The number of hydrogen-bond acceptors (Lipinski definition) is 6. The van der Waals surface area contributed by atoms with Crippen LogP contribution >= 0.6 is 0 Å². The van der Waals surface area contributed by atoms with Gasteiger partial charge in [-0.3, -0.25) is 14.6 Å². The van der Waals surface area contributed by atoms with E-state index in [1.165, 1.54) is 6.26 Å². The maximum Gasteiger partial charge on any atom is 0.291 e. The maximum absolute atomic E-state index is 12.3. The first-order valence-electron chi connectivity index (χ1n) is 8.78. The first-order chi connectivity index (χ1) is 14.2. The van der Waals surface area contributed by atoms with Crippen molar-refractivity contribution in [1.82, 2.24) is 15.5 Å². The molecule has 0 aliphatic heterocycles. The molecule has 8 nitrogen and oxygen atoms in total. The largest absolute Gasteiger partial charge is 0.459 e. The number of aromatic nitrogens is 2. The van der Waals surface area contributed by atoms with Crippen molar-refractivity contribution >= 4 is 17.5 Å². The van der Waals surface area contributed by atoms with Crippen molar-refractivity contribution in [2.45, 2.75) is 6.54 Å². The van der Waals surface area contributed by atoms with Gasteiger partial charge in [0.05, 0.1) is 6.26 Å². The number of carbonyl (C=O) groups is 2. The third kappa shape index (κ3) is 4.38. The van der Waals surface area contributed by atoms with Gasteiger partial charge in [-0.25, -0.2) is 0 Å². The number of nitrogens with one attached hydrogen (secondary N) is 2. The second-order valence-corrected chi connectivity index (χ2v) is 6.13. The maximum atomic E-state index is 12.3. The Morgan fingerprint density at radius 2 is 1.86 bits per heavy atom. The lowest BCUT2D eigenvalue weighted by Gasteiger charge is -2.06. The summed E-state index contributed by atoms with van der Waals surface area (Å²) in [5, 5.41) is 9.32. The van der Waals surface area contributed by atoms with E-state index >= 15 is 0 Å². The number of hydrogen-bond donors (Lipinski definition) is 2. The van der Waals surface area contributed by atoms with Gasteiger partial charge in [0.1, 0.15) is 0 Å². The number of benzene rings is 1. The van der Waals surface area contributed by atoms with E-state index in [4.69, 9.17) is 8.94 Å². The van der Waals surface area contributed by atoms with Crippen LogP contribution in [-0.4, -0.2) is 22.0 Å². The van der Waals surface area contributed by atoms with Gasteiger partial charge < -0.3 is 19.6 Å². The molecule has 3 heterocycles. The third-order valence-corrected chi connectivity index (χ3v) is 4.10. The molecule has 4 rings (SSSR count). The topological polar surface area (TPSA) is 110 Å². The third-order valence-electron chi connectivity index (χ3n) is 4.10. The Bertz CT molecular complexity index is 1100. The van der Waals surface area contributed by atoms with Crippen LogP contribution < -0.4 is 10.6 Å². The van der Waals surface area contributed by atoms with Crippen LogP contribution in [0.25, 0.3) is 11.3 Å². The second kappa shape index (κ2) is 8.22. The molecule has 0 aliphatic rings. The van der Waals surface area contributed by atoms with Crippen molar-refractivity contribution < 1.29 is 18.5 Å². The quantitative estimate of drug-likeness (QED) is 0.523. The SMILES string of the molecule is O=C(NCc1ccc(NC(=O)c2ccco2)cc1)c1cc(-c2cccnc2)on1. The molecular formula is C21H16N4O4. The molecule has 0 radical (unpaired) electrons. The van der Waals surface area contributed by atoms with E-state index in [1.807, 2.05) is 18.2 Å². The number of furan rings is 1. The summed E-state index contributed by atoms with van der Waals surface area (Å²) < 4.78 is 10.3. The van der Waals surface area contributed by atoms with E-state index < -0.39 is 0 Å². The first kappa shape index (κ1) is 18.2.